The van der Waals surface area contributed by atoms with Crippen LogP contribution in [0.15, 0.2) is 6.07 Å². The second-order valence-electron chi connectivity index (χ2n) is 3.77. The summed E-state index contributed by atoms with van der Waals surface area (Å²) >= 11 is 3.41. The van der Waals surface area contributed by atoms with Gasteiger partial charge in [-0.3, -0.25) is 4.79 Å². The van der Waals surface area contributed by atoms with Gasteiger partial charge in [0.15, 0.2) is 5.78 Å². The lowest BCUT2D eigenvalue weighted by Gasteiger charge is -2.07. The molecule has 0 saturated carbocycles. The number of carbonyl (C=O) groups is 1. The fraction of sp³-hybridized carbons (Fsp3) is 0.583. The molecule has 84 valence electrons. The van der Waals surface area contributed by atoms with E-state index >= 15 is 0 Å². The first kappa shape index (κ1) is 12.5. The van der Waals surface area contributed by atoms with Crippen LogP contribution in [0.1, 0.15) is 42.0 Å². The van der Waals surface area contributed by atoms with Crippen molar-refractivity contribution < 1.29 is 4.79 Å². The number of rotatable bonds is 4. The van der Waals surface area contributed by atoms with Gasteiger partial charge in [-0.1, -0.05) is 22.9 Å². The maximum atomic E-state index is 12.0. The van der Waals surface area contributed by atoms with Gasteiger partial charge in [-0.15, -0.1) is 0 Å². The Morgan fingerprint density at radius 2 is 2.07 bits per heavy atom. The molecule has 1 unspecified atom stereocenters. The molecule has 3 heteroatoms. The van der Waals surface area contributed by atoms with Crippen LogP contribution in [0.4, 0.5) is 0 Å². The van der Waals surface area contributed by atoms with Gasteiger partial charge in [0.1, 0.15) is 0 Å². The van der Waals surface area contributed by atoms with E-state index in [1.54, 1.807) is 0 Å². The van der Waals surface area contributed by atoms with Crippen molar-refractivity contribution in [3.05, 3.63) is 23.0 Å². The fourth-order valence-corrected chi connectivity index (χ4v) is 2.14. The van der Waals surface area contributed by atoms with Crippen LogP contribution in [0.2, 0.25) is 0 Å². The smallest absolute Gasteiger partial charge is 0.178 e. The van der Waals surface area contributed by atoms with Gasteiger partial charge >= 0.3 is 0 Å². The molecule has 0 radical (unpaired) electrons. The predicted molar refractivity (Wildman–Crippen MR) is 66.9 cm³/mol. The molecular weight excluding hydrogens is 254 g/mol. The third-order valence-corrected chi connectivity index (χ3v) is 3.86. The molecule has 0 bridgehead atoms. The predicted octanol–water partition coefficient (Wildman–Crippen LogP) is 3.48. The van der Waals surface area contributed by atoms with Crippen molar-refractivity contribution in [1.29, 1.82) is 0 Å². The molecular formula is C12H18BrNO. The molecule has 0 fully saturated rings. The van der Waals surface area contributed by atoms with Gasteiger partial charge < -0.3 is 4.57 Å². The zero-order valence-corrected chi connectivity index (χ0v) is 11.4. The van der Waals surface area contributed by atoms with E-state index in [1.165, 1.54) is 0 Å². The maximum Gasteiger partial charge on any atom is 0.178 e. The van der Waals surface area contributed by atoms with Crippen molar-refractivity contribution in [2.75, 3.05) is 0 Å². The van der Waals surface area contributed by atoms with Crippen LogP contribution >= 0.6 is 15.9 Å². The van der Waals surface area contributed by atoms with Crippen molar-refractivity contribution >= 4 is 21.7 Å². The third kappa shape index (κ3) is 2.33. The molecule has 0 saturated heterocycles. The second kappa shape index (κ2) is 4.97. The summed E-state index contributed by atoms with van der Waals surface area (Å²) in [6, 6.07) is 1.99. The fourth-order valence-electron chi connectivity index (χ4n) is 1.89. The molecule has 0 spiro atoms. The van der Waals surface area contributed by atoms with E-state index < -0.39 is 0 Å². The number of ketones is 1. The van der Waals surface area contributed by atoms with E-state index in [9.17, 15) is 4.79 Å². The quantitative estimate of drug-likeness (QED) is 0.607. The third-order valence-electron chi connectivity index (χ3n) is 2.80. The zero-order chi connectivity index (χ0) is 11.6. The highest BCUT2D eigenvalue weighted by Crippen LogP contribution is 2.20. The lowest BCUT2D eigenvalue weighted by atomic mass is 10.1. The number of hydrogen-bond donors (Lipinski definition) is 0. The first-order chi connectivity index (χ1) is 7.02. The Labute approximate surface area is 99.8 Å². The second-order valence-corrected chi connectivity index (χ2v) is 4.87. The standard InChI is InChI=1S/C12H18BrNO/c1-5-11(13)12(15)10-7-8(3)14(6-2)9(10)4/h7,11H,5-6H2,1-4H3. The summed E-state index contributed by atoms with van der Waals surface area (Å²) in [5.41, 5.74) is 3.10. The minimum absolute atomic E-state index is 0.0525. The highest BCUT2D eigenvalue weighted by molar-refractivity contribution is 9.10. The number of nitrogens with zero attached hydrogens (tertiary/aromatic N) is 1. The summed E-state index contributed by atoms with van der Waals surface area (Å²) in [7, 11) is 0. The molecule has 0 aliphatic carbocycles. The van der Waals surface area contributed by atoms with Crippen LogP contribution in [0.3, 0.4) is 0 Å². The van der Waals surface area contributed by atoms with Crippen molar-refractivity contribution in [3.8, 4) is 0 Å². The monoisotopic (exact) mass is 271 g/mol. The Hall–Kier alpha value is -0.570. The topological polar surface area (TPSA) is 22.0 Å². The number of alkyl halides is 1. The Kier molecular flexibility index (Phi) is 4.14. The summed E-state index contributed by atoms with van der Waals surface area (Å²) in [5.74, 6) is 0.199. The van der Waals surface area contributed by atoms with Gasteiger partial charge in [-0.2, -0.15) is 0 Å². The minimum atomic E-state index is -0.0525. The van der Waals surface area contributed by atoms with Crippen LogP contribution in [-0.4, -0.2) is 15.2 Å². The molecule has 0 aromatic carbocycles. The number of halogens is 1. The minimum Gasteiger partial charge on any atom is -0.349 e. The molecule has 1 heterocycles. The van der Waals surface area contributed by atoms with Gasteiger partial charge in [0.2, 0.25) is 0 Å². The maximum absolute atomic E-state index is 12.0. The van der Waals surface area contributed by atoms with Gasteiger partial charge in [0, 0.05) is 23.5 Å². The Bertz CT molecular complexity index is 368. The molecule has 0 N–H and O–H groups in total. The van der Waals surface area contributed by atoms with Crippen LogP contribution in [0.5, 0.6) is 0 Å². The van der Waals surface area contributed by atoms with Gasteiger partial charge in [0.25, 0.3) is 0 Å². The molecule has 1 aromatic rings. The molecule has 0 aliphatic rings. The van der Waals surface area contributed by atoms with Crippen LogP contribution < -0.4 is 0 Å². The number of Topliss-reactive ketones (excluding diaryl/α,β-unsaturated/α-hetero) is 1. The molecule has 1 rings (SSSR count). The first-order valence-electron chi connectivity index (χ1n) is 5.37. The average molecular weight is 272 g/mol. The first-order valence-corrected chi connectivity index (χ1v) is 6.29. The molecule has 0 amide bonds. The van der Waals surface area contributed by atoms with E-state index in [0.29, 0.717) is 0 Å². The van der Waals surface area contributed by atoms with Crippen LogP contribution in [-0.2, 0) is 6.54 Å². The lowest BCUT2D eigenvalue weighted by Crippen LogP contribution is -2.14. The Morgan fingerprint density at radius 1 is 1.47 bits per heavy atom. The Balaban J connectivity index is 3.11. The van der Waals surface area contributed by atoms with Gasteiger partial charge in [-0.25, -0.2) is 0 Å². The van der Waals surface area contributed by atoms with E-state index in [4.69, 9.17) is 0 Å². The van der Waals surface area contributed by atoms with E-state index in [0.717, 1.165) is 29.9 Å². The normalized spacial score (nSPS) is 12.9. The van der Waals surface area contributed by atoms with E-state index in [1.807, 2.05) is 26.8 Å². The lowest BCUT2D eigenvalue weighted by molar-refractivity contribution is 0.0989. The van der Waals surface area contributed by atoms with Gasteiger partial charge in [0.05, 0.1) is 4.83 Å². The van der Waals surface area contributed by atoms with Crippen LogP contribution in [0, 0.1) is 13.8 Å². The number of hydrogen-bond acceptors (Lipinski definition) is 1. The number of aryl methyl sites for hydroxylation is 1. The summed E-state index contributed by atoms with van der Waals surface area (Å²) < 4.78 is 2.17. The van der Waals surface area contributed by atoms with Gasteiger partial charge in [-0.05, 0) is 33.3 Å². The van der Waals surface area contributed by atoms with Crippen molar-refractivity contribution in [2.24, 2.45) is 0 Å². The highest BCUT2D eigenvalue weighted by atomic mass is 79.9. The molecule has 2 nitrogen and oxygen atoms in total. The summed E-state index contributed by atoms with van der Waals surface area (Å²) in [6.45, 7) is 9.08. The number of aromatic nitrogens is 1. The summed E-state index contributed by atoms with van der Waals surface area (Å²) in [4.78, 5) is 12.0. The molecule has 1 atom stereocenters. The van der Waals surface area contributed by atoms with E-state index in [-0.39, 0.29) is 10.6 Å². The molecule has 0 aliphatic heterocycles. The zero-order valence-electron chi connectivity index (χ0n) is 9.80. The largest absolute Gasteiger partial charge is 0.349 e. The SMILES string of the molecule is CCC(Br)C(=O)c1cc(C)n(CC)c1C. The van der Waals surface area contributed by atoms with Crippen molar-refractivity contribution in [1.82, 2.24) is 4.57 Å². The number of carbonyl (C=O) groups excluding carboxylic acids is 1. The molecule has 1 aromatic heterocycles. The average Bonchev–Trinajstić information content (AvgIpc) is 2.51. The van der Waals surface area contributed by atoms with E-state index in [2.05, 4.69) is 27.4 Å². The van der Waals surface area contributed by atoms with Crippen molar-refractivity contribution in [2.45, 2.75) is 45.5 Å². The highest BCUT2D eigenvalue weighted by Gasteiger charge is 2.20. The van der Waals surface area contributed by atoms with Crippen LogP contribution in [0.25, 0.3) is 0 Å². The van der Waals surface area contributed by atoms with Crippen molar-refractivity contribution in [3.63, 3.8) is 0 Å². The summed E-state index contributed by atoms with van der Waals surface area (Å²) in [5, 5.41) is 0. The summed E-state index contributed by atoms with van der Waals surface area (Å²) in [6.07, 6.45) is 0.828. The molecule has 15 heavy (non-hydrogen) atoms. The Morgan fingerprint density at radius 3 is 2.47 bits per heavy atom.